The average Bonchev–Trinajstić information content (AvgIpc) is 2.93. The Labute approximate surface area is 211 Å². The van der Waals surface area contributed by atoms with Gasteiger partial charge in [-0.25, -0.2) is 0 Å². The molecule has 0 bridgehead atoms. The van der Waals surface area contributed by atoms with Gasteiger partial charge in [-0.15, -0.1) is 10.2 Å². The van der Waals surface area contributed by atoms with Crippen LogP contribution in [0.1, 0.15) is 11.1 Å². The molecule has 1 amide bonds. The van der Waals surface area contributed by atoms with Crippen molar-refractivity contribution in [1.29, 1.82) is 0 Å². The Bertz CT molecular complexity index is 1180. The number of anilines is 1. The first kappa shape index (κ1) is 25.1. The molecule has 1 aliphatic rings. The zero-order valence-electron chi connectivity index (χ0n) is 21.4. The van der Waals surface area contributed by atoms with E-state index in [2.05, 4.69) is 15.1 Å². The van der Waals surface area contributed by atoms with Crippen LogP contribution in [0.25, 0.3) is 11.3 Å². The van der Waals surface area contributed by atoms with Gasteiger partial charge in [0.05, 0.1) is 27.0 Å². The van der Waals surface area contributed by atoms with E-state index in [9.17, 15) is 4.79 Å². The van der Waals surface area contributed by atoms with E-state index in [0.717, 1.165) is 28.3 Å². The number of piperazine rings is 1. The van der Waals surface area contributed by atoms with Crippen LogP contribution in [0.5, 0.6) is 23.0 Å². The molecule has 0 aliphatic carbocycles. The molecule has 0 radical (unpaired) electrons. The lowest BCUT2D eigenvalue weighted by molar-refractivity contribution is -0.133. The van der Waals surface area contributed by atoms with Gasteiger partial charge in [0.2, 0.25) is 5.75 Å². The summed E-state index contributed by atoms with van der Waals surface area (Å²) in [5.74, 6) is 3.15. The number of hydrogen-bond acceptors (Lipinski definition) is 8. The van der Waals surface area contributed by atoms with Crippen molar-refractivity contribution in [2.45, 2.75) is 13.8 Å². The summed E-state index contributed by atoms with van der Waals surface area (Å²) in [6.45, 7) is 6.62. The van der Waals surface area contributed by atoms with Crippen LogP contribution in [-0.2, 0) is 4.79 Å². The molecule has 1 fully saturated rings. The molecule has 0 saturated carbocycles. The predicted molar refractivity (Wildman–Crippen MR) is 137 cm³/mol. The Morgan fingerprint density at radius 1 is 0.861 bits per heavy atom. The van der Waals surface area contributed by atoms with Crippen molar-refractivity contribution in [2.24, 2.45) is 0 Å². The number of carbonyl (C=O) groups excluding carboxylic acids is 1. The summed E-state index contributed by atoms with van der Waals surface area (Å²) in [4.78, 5) is 16.6. The Hall–Kier alpha value is -4.01. The van der Waals surface area contributed by atoms with Gasteiger partial charge in [0.15, 0.2) is 23.9 Å². The summed E-state index contributed by atoms with van der Waals surface area (Å²) in [5.41, 5.74) is 3.70. The molecule has 9 nitrogen and oxygen atoms in total. The minimum absolute atomic E-state index is 0.0145. The minimum Gasteiger partial charge on any atom is -0.493 e. The number of ether oxygens (including phenoxy) is 4. The zero-order chi connectivity index (χ0) is 25.7. The van der Waals surface area contributed by atoms with Gasteiger partial charge >= 0.3 is 0 Å². The van der Waals surface area contributed by atoms with Gasteiger partial charge in [0, 0.05) is 31.7 Å². The molecule has 4 rings (SSSR count). The summed E-state index contributed by atoms with van der Waals surface area (Å²) >= 11 is 0. The Morgan fingerprint density at radius 2 is 1.56 bits per heavy atom. The molecule has 2 heterocycles. The highest BCUT2D eigenvalue weighted by Crippen LogP contribution is 2.40. The molecule has 1 aliphatic heterocycles. The Kier molecular flexibility index (Phi) is 7.77. The molecule has 1 saturated heterocycles. The summed E-state index contributed by atoms with van der Waals surface area (Å²) in [6, 6.07) is 13.4. The van der Waals surface area contributed by atoms with Crippen molar-refractivity contribution in [3.63, 3.8) is 0 Å². The summed E-state index contributed by atoms with van der Waals surface area (Å²) in [5, 5.41) is 8.85. The minimum atomic E-state index is -0.0145. The summed E-state index contributed by atoms with van der Waals surface area (Å²) in [6.07, 6.45) is 0. The van der Waals surface area contributed by atoms with Crippen molar-refractivity contribution in [1.82, 2.24) is 15.1 Å². The molecule has 0 spiro atoms. The third-order valence-electron chi connectivity index (χ3n) is 6.47. The second-order valence-corrected chi connectivity index (χ2v) is 8.55. The third kappa shape index (κ3) is 5.30. The molecule has 3 aromatic rings. The highest BCUT2D eigenvalue weighted by atomic mass is 16.5. The fraction of sp³-hybridized carbons (Fsp3) is 0.370. The Balaban J connectivity index is 1.36. The zero-order valence-corrected chi connectivity index (χ0v) is 21.4. The van der Waals surface area contributed by atoms with Gasteiger partial charge in [-0.3, -0.25) is 4.79 Å². The van der Waals surface area contributed by atoms with E-state index in [0.29, 0.717) is 49.1 Å². The standard InChI is InChI=1S/C27H32N4O5/c1-18-7-6-8-22(19(18)2)36-17-26(32)31-13-11-30(12-14-31)25-10-9-21(28-29-25)20-15-23(33-3)27(35-5)24(16-20)34-4/h6-10,15-16H,11-14,17H2,1-5H3. The number of carbonyl (C=O) groups is 1. The second-order valence-electron chi connectivity index (χ2n) is 8.55. The van der Waals surface area contributed by atoms with Crippen LogP contribution >= 0.6 is 0 Å². The number of rotatable bonds is 8. The molecule has 9 heteroatoms. The molecule has 190 valence electrons. The van der Waals surface area contributed by atoms with Crippen LogP contribution in [0.4, 0.5) is 5.82 Å². The van der Waals surface area contributed by atoms with Crippen molar-refractivity contribution < 1.29 is 23.7 Å². The van der Waals surface area contributed by atoms with Crippen LogP contribution < -0.4 is 23.8 Å². The molecule has 1 aromatic heterocycles. The SMILES string of the molecule is COc1cc(-c2ccc(N3CCN(C(=O)COc4cccc(C)c4C)CC3)nn2)cc(OC)c1OC. The molecule has 0 unspecified atom stereocenters. The van der Waals surface area contributed by atoms with E-state index >= 15 is 0 Å². The van der Waals surface area contributed by atoms with E-state index in [4.69, 9.17) is 18.9 Å². The lowest BCUT2D eigenvalue weighted by Gasteiger charge is -2.35. The van der Waals surface area contributed by atoms with Gasteiger partial charge in [0.25, 0.3) is 5.91 Å². The first-order chi connectivity index (χ1) is 17.4. The Morgan fingerprint density at radius 3 is 2.14 bits per heavy atom. The predicted octanol–water partition coefficient (Wildman–Crippen LogP) is 3.51. The van der Waals surface area contributed by atoms with Crippen molar-refractivity contribution >= 4 is 11.7 Å². The maximum atomic E-state index is 12.7. The van der Waals surface area contributed by atoms with Crippen LogP contribution in [-0.4, -0.2) is 75.1 Å². The van der Waals surface area contributed by atoms with Gasteiger partial charge in [-0.1, -0.05) is 12.1 Å². The number of benzene rings is 2. The lowest BCUT2D eigenvalue weighted by atomic mass is 10.1. The van der Waals surface area contributed by atoms with Crippen LogP contribution in [0.3, 0.4) is 0 Å². The normalized spacial score (nSPS) is 13.4. The fourth-order valence-corrected chi connectivity index (χ4v) is 4.17. The van der Waals surface area contributed by atoms with Crippen molar-refractivity contribution in [3.05, 3.63) is 53.6 Å². The van der Waals surface area contributed by atoms with Crippen LogP contribution in [0.2, 0.25) is 0 Å². The van der Waals surface area contributed by atoms with E-state index < -0.39 is 0 Å². The maximum Gasteiger partial charge on any atom is 0.260 e. The number of nitrogens with zero attached hydrogens (tertiary/aromatic N) is 4. The molecular weight excluding hydrogens is 460 g/mol. The topological polar surface area (TPSA) is 86.3 Å². The molecule has 0 atom stereocenters. The van der Waals surface area contributed by atoms with Crippen LogP contribution in [0.15, 0.2) is 42.5 Å². The summed E-state index contributed by atoms with van der Waals surface area (Å²) < 4.78 is 22.1. The van der Waals surface area contributed by atoms with Crippen LogP contribution in [0, 0.1) is 13.8 Å². The lowest BCUT2D eigenvalue weighted by Crippen LogP contribution is -2.50. The number of aryl methyl sites for hydroxylation is 1. The maximum absolute atomic E-state index is 12.7. The summed E-state index contributed by atoms with van der Waals surface area (Å²) in [7, 11) is 4.73. The van der Waals surface area contributed by atoms with E-state index in [1.54, 1.807) is 21.3 Å². The number of methoxy groups -OCH3 is 3. The monoisotopic (exact) mass is 492 g/mol. The van der Waals surface area contributed by atoms with E-state index in [-0.39, 0.29) is 12.5 Å². The third-order valence-corrected chi connectivity index (χ3v) is 6.47. The van der Waals surface area contributed by atoms with Gasteiger partial charge in [-0.2, -0.15) is 0 Å². The number of hydrogen-bond donors (Lipinski definition) is 0. The van der Waals surface area contributed by atoms with Gasteiger partial charge in [0.1, 0.15) is 5.75 Å². The van der Waals surface area contributed by atoms with Gasteiger partial charge < -0.3 is 28.7 Å². The van der Waals surface area contributed by atoms with Crippen molar-refractivity contribution in [2.75, 3.05) is 59.0 Å². The molecule has 2 aromatic carbocycles. The fourth-order valence-electron chi connectivity index (χ4n) is 4.17. The second kappa shape index (κ2) is 11.2. The average molecular weight is 493 g/mol. The highest BCUT2D eigenvalue weighted by molar-refractivity contribution is 5.78. The van der Waals surface area contributed by atoms with Crippen molar-refractivity contribution in [3.8, 4) is 34.3 Å². The molecule has 0 N–H and O–H groups in total. The van der Waals surface area contributed by atoms with Gasteiger partial charge in [-0.05, 0) is 55.3 Å². The first-order valence-corrected chi connectivity index (χ1v) is 11.8. The number of aromatic nitrogens is 2. The van der Waals surface area contributed by atoms with E-state index in [1.165, 1.54) is 0 Å². The quantitative estimate of drug-likeness (QED) is 0.472. The smallest absolute Gasteiger partial charge is 0.260 e. The molecular formula is C27H32N4O5. The number of amides is 1. The highest BCUT2D eigenvalue weighted by Gasteiger charge is 2.23. The van der Waals surface area contributed by atoms with E-state index in [1.807, 2.05) is 61.2 Å². The first-order valence-electron chi connectivity index (χ1n) is 11.8. The largest absolute Gasteiger partial charge is 0.493 e. The molecule has 36 heavy (non-hydrogen) atoms.